The molecule has 0 fully saturated rings. The smallest absolute Gasteiger partial charge is 0.326 e. The predicted molar refractivity (Wildman–Crippen MR) is 82.3 cm³/mol. The van der Waals surface area contributed by atoms with E-state index < -0.39 is 5.82 Å². The Kier molecular flexibility index (Phi) is 3.31. The van der Waals surface area contributed by atoms with Gasteiger partial charge in [0.05, 0.1) is 17.6 Å². The van der Waals surface area contributed by atoms with Crippen LogP contribution in [0.2, 0.25) is 5.15 Å². The Morgan fingerprint density at radius 1 is 1.45 bits per heavy atom. The lowest BCUT2D eigenvalue weighted by Crippen LogP contribution is -2.11. The van der Waals surface area contributed by atoms with Crippen molar-refractivity contribution in [2.24, 2.45) is 7.05 Å². The van der Waals surface area contributed by atoms with Gasteiger partial charge < -0.3 is 10.3 Å². The zero-order chi connectivity index (χ0) is 15.9. The molecule has 2 heterocycles. The van der Waals surface area contributed by atoms with E-state index in [0.29, 0.717) is 11.2 Å². The number of aromatic amines is 1. The van der Waals surface area contributed by atoms with Gasteiger partial charge in [-0.1, -0.05) is 11.6 Å². The molecule has 0 aliphatic heterocycles. The van der Waals surface area contributed by atoms with Gasteiger partial charge in [-0.2, -0.15) is 0 Å². The van der Waals surface area contributed by atoms with Crippen molar-refractivity contribution in [1.82, 2.24) is 14.5 Å². The molecule has 0 spiro atoms. The number of rotatable bonds is 2. The van der Waals surface area contributed by atoms with Crippen molar-refractivity contribution in [2.75, 3.05) is 5.32 Å². The van der Waals surface area contributed by atoms with Crippen LogP contribution in [0.5, 0.6) is 0 Å². The van der Waals surface area contributed by atoms with Crippen molar-refractivity contribution in [1.29, 1.82) is 0 Å². The van der Waals surface area contributed by atoms with E-state index in [1.165, 1.54) is 4.57 Å². The fourth-order valence-electron chi connectivity index (χ4n) is 2.07. The zero-order valence-corrected chi connectivity index (χ0v) is 12.1. The van der Waals surface area contributed by atoms with E-state index >= 15 is 0 Å². The average Bonchev–Trinajstić information content (AvgIpc) is 2.77. The summed E-state index contributed by atoms with van der Waals surface area (Å²) in [6.07, 6.45) is 0. The number of pyridine rings is 1. The summed E-state index contributed by atoms with van der Waals surface area (Å²) in [7, 11) is 1.65. The summed E-state index contributed by atoms with van der Waals surface area (Å²) in [5, 5.41) is 2.70. The number of imidazole rings is 1. The molecule has 0 aliphatic carbocycles. The molecule has 0 bridgehead atoms. The molecule has 2 aromatic heterocycles. The maximum atomic E-state index is 13.9. The van der Waals surface area contributed by atoms with Crippen LogP contribution in [-0.2, 0) is 7.05 Å². The van der Waals surface area contributed by atoms with Gasteiger partial charge in [0.25, 0.3) is 0 Å². The minimum Gasteiger partial charge on any atom is -0.338 e. The number of hydrogen-bond donors (Lipinski definition) is 2. The summed E-state index contributed by atoms with van der Waals surface area (Å²) < 4.78 is 15.4. The molecular formula is C14H9ClFN5O. The minimum absolute atomic E-state index is 0.0486. The van der Waals surface area contributed by atoms with Gasteiger partial charge in [0.15, 0.2) is 11.6 Å². The van der Waals surface area contributed by atoms with Gasteiger partial charge >= 0.3 is 5.69 Å². The predicted octanol–water partition coefficient (Wildman–Crippen LogP) is 3.35. The first-order chi connectivity index (χ1) is 10.5. The third-order valence-corrected chi connectivity index (χ3v) is 3.48. The van der Waals surface area contributed by atoms with Crippen LogP contribution in [0.15, 0.2) is 29.1 Å². The molecule has 0 atom stereocenters. The molecule has 0 saturated carbocycles. The van der Waals surface area contributed by atoms with E-state index in [9.17, 15) is 9.18 Å². The van der Waals surface area contributed by atoms with Crippen LogP contribution in [0, 0.1) is 12.4 Å². The van der Waals surface area contributed by atoms with Crippen molar-refractivity contribution >= 4 is 39.8 Å². The topological polar surface area (TPSA) is 67.1 Å². The van der Waals surface area contributed by atoms with Crippen LogP contribution in [0.1, 0.15) is 0 Å². The SMILES string of the molecule is [C-]#[N+]c1cc(F)c(Nc2ccc3c(c2)[nH]c(=O)n3C)nc1Cl. The van der Waals surface area contributed by atoms with E-state index in [-0.39, 0.29) is 22.3 Å². The summed E-state index contributed by atoms with van der Waals surface area (Å²) in [6, 6.07) is 6.10. The molecule has 0 aliphatic rings. The standard InChI is InChI=1S/C14H9ClFN5O/c1-17-10-6-8(16)13(20-12(10)15)18-7-3-4-11-9(5-7)19-14(22)21(11)2/h3-6H,2H3,(H,18,20)(H,19,22). The third-order valence-electron chi connectivity index (χ3n) is 3.20. The Morgan fingerprint density at radius 3 is 2.95 bits per heavy atom. The van der Waals surface area contributed by atoms with Gasteiger partial charge in [0.1, 0.15) is 5.15 Å². The Balaban J connectivity index is 2.02. The van der Waals surface area contributed by atoms with Gasteiger partial charge in [-0.25, -0.2) is 19.0 Å². The van der Waals surface area contributed by atoms with E-state index in [1.54, 1.807) is 25.2 Å². The van der Waals surface area contributed by atoms with E-state index in [0.717, 1.165) is 11.6 Å². The molecular weight excluding hydrogens is 309 g/mol. The second-order valence-corrected chi connectivity index (χ2v) is 4.94. The number of benzene rings is 1. The first kappa shape index (κ1) is 14.1. The largest absolute Gasteiger partial charge is 0.338 e. The van der Waals surface area contributed by atoms with Crippen LogP contribution in [-0.4, -0.2) is 14.5 Å². The number of fused-ring (bicyclic) bond motifs is 1. The number of aromatic nitrogens is 3. The number of anilines is 2. The van der Waals surface area contributed by atoms with Crippen LogP contribution in [0.25, 0.3) is 15.9 Å². The van der Waals surface area contributed by atoms with E-state index in [1.807, 2.05) is 0 Å². The number of nitrogens with one attached hydrogen (secondary N) is 2. The van der Waals surface area contributed by atoms with E-state index in [4.69, 9.17) is 18.2 Å². The van der Waals surface area contributed by atoms with Crippen LogP contribution < -0.4 is 11.0 Å². The Morgan fingerprint density at radius 2 is 2.23 bits per heavy atom. The molecule has 110 valence electrons. The Hall–Kier alpha value is -2.85. The van der Waals surface area contributed by atoms with Gasteiger partial charge in [-0.05, 0) is 24.3 Å². The maximum absolute atomic E-state index is 13.9. The molecule has 22 heavy (non-hydrogen) atoms. The highest BCUT2D eigenvalue weighted by atomic mass is 35.5. The minimum atomic E-state index is -0.683. The number of halogens is 2. The van der Waals surface area contributed by atoms with E-state index in [2.05, 4.69) is 20.1 Å². The van der Waals surface area contributed by atoms with Crippen LogP contribution in [0.3, 0.4) is 0 Å². The average molecular weight is 318 g/mol. The van der Waals surface area contributed by atoms with Crippen LogP contribution in [0.4, 0.5) is 21.6 Å². The lowest BCUT2D eigenvalue weighted by molar-refractivity contribution is 0.627. The second-order valence-electron chi connectivity index (χ2n) is 4.59. The molecule has 3 rings (SSSR count). The molecule has 8 heteroatoms. The molecule has 1 aromatic carbocycles. The quantitative estimate of drug-likeness (QED) is 0.562. The summed E-state index contributed by atoms with van der Waals surface area (Å²) in [6.45, 7) is 6.86. The van der Waals surface area contributed by atoms with Crippen molar-refractivity contribution in [2.45, 2.75) is 0 Å². The Bertz CT molecular complexity index is 985. The Labute approximate surface area is 129 Å². The fraction of sp³-hybridized carbons (Fsp3) is 0.0714. The van der Waals surface area contributed by atoms with Gasteiger partial charge in [0.2, 0.25) is 5.69 Å². The van der Waals surface area contributed by atoms with Crippen molar-refractivity contribution in [3.05, 3.63) is 57.1 Å². The highest BCUT2D eigenvalue weighted by Gasteiger charge is 2.11. The molecule has 6 nitrogen and oxygen atoms in total. The van der Waals surface area contributed by atoms with Crippen molar-refractivity contribution in [3.8, 4) is 0 Å². The highest BCUT2D eigenvalue weighted by Crippen LogP contribution is 2.29. The number of nitrogens with zero attached hydrogens (tertiary/aromatic N) is 3. The first-order valence-electron chi connectivity index (χ1n) is 6.19. The molecule has 3 aromatic rings. The summed E-state index contributed by atoms with van der Waals surface area (Å²) in [4.78, 5) is 21.1. The number of hydrogen-bond acceptors (Lipinski definition) is 3. The lowest BCUT2D eigenvalue weighted by Gasteiger charge is -2.08. The lowest BCUT2D eigenvalue weighted by atomic mass is 10.2. The highest BCUT2D eigenvalue weighted by molar-refractivity contribution is 6.32. The maximum Gasteiger partial charge on any atom is 0.326 e. The number of aryl methyl sites for hydroxylation is 1. The van der Waals surface area contributed by atoms with Crippen molar-refractivity contribution < 1.29 is 4.39 Å². The van der Waals surface area contributed by atoms with Gasteiger partial charge in [-0.15, -0.1) is 0 Å². The monoisotopic (exact) mass is 317 g/mol. The summed E-state index contributed by atoms with van der Waals surface area (Å²) >= 11 is 5.80. The van der Waals surface area contributed by atoms with Crippen molar-refractivity contribution in [3.63, 3.8) is 0 Å². The van der Waals surface area contributed by atoms with Gasteiger partial charge in [-0.3, -0.25) is 4.57 Å². The molecule has 0 amide bonds. The number of H-pyrrole nitrogens is 1. The third kappa shape index (κ3) is 2.29. The molecule has 2 N–H and O–H groups in total. The van der Waals surface area contributed by atoms with Crippen LogP contribution >= 0.6 is 11.6 Å². The molecule has 0 radical (unpaired) electrons. The fourth-order valence-corrected chi connectivity index (χ4v) is 2.26. The van der Waals surface area contributed by atoms with Gasteiger partial charge in [0, 0.05) is 12.7 Å². The zero-order valence-electron chi connectivity index (χ0n) is 11.3. The molecule has 0 saturated heterocycles. The first-order valence-corrected chi connectivity index (χ1v) is 6.56. The normalized spacial score (nSPS) is 10.6. The summed E-state index contributed by atoms with van der Waals surface area (Å²) in [5.74, 6) is -0.771. The summed E-state index contributed by atoms with van der Waals surface area (Å²) in [5.41, 5.74) is 1.59. The molecule has 0 unspecified atom stereocenters. The second kappa shape index (κ2) is 5.16.